The van der Waals surface area contributed by atoms with E-state index in [2.05, 4.69) is 0 Å². The Kier molecular flexibility index (Phi) is 3.49. The maximum atomic E-state index is 13.2. The molecule has 2 aliphatic rings. The molecular formula is C12H21BF2O3. The topological polar surface area (TPSA) is 27.7 Å². The van der Waals surface area contributed by atoms with Crippen molar-refractivity contribution in [2.24, 2.45) is 5.41 Å². The highest BCUT2D eigenvalue weighted by atomic mass is 19.3. The molecule has 0 aliphatic carbocycles. The molecule has 0 N–H and O–H groups in total. The largest absolute Gasteiger partial charge is 0.458 e. The molecule has 0 spiro atoms. The Bertz CT molecular complexity index is 298. The van der Waals surface area contributed by atoms with Gasteiger partial charge in [-0.1, -0.05) is 0 Å². The summed E-state index contributed by atoms with van der Waals surface area (Å²) in [4.78, 5) is 0. The van der Waals surface area contributed by atoms with Crippen molar-refractivity contribution in [3.8, 4) is 0 Å². The van der Waals surface area contributed by atoms with Gasteiger partial charge in [0.1, 0.15) is 0 Å². The first-order valence-corrected chi connectivity index (χ1v) is 6.40. The van der Waals surface area contributed by atoms with Gasteiger partial charge >= 0.3 is 7.12 Å². The lowest BCUT2D eigenvalue weighted by molar-refractivity contribution is -0.00395. The molecule has 0 saturated carbocycles. The molecular weight excluding hydrogens is 241 g/mol. The van der Waals surface area contributed by atoms with E-state index in [1.807, 2.05) is 27.7 Å². The number of hydrogen-bond acceptors (Lipinski definition) is 3. The van der Waals surface area contributed by atoms with Gasteiger partial charge in [-0.2, -0.15) is 0 Å². The van der Waals surface area contributed by atoms with Gasteiger partial charge in [0.05, 0.1) is 23.2 Å². The third kappa shape index (κ3) is 2.30. The Morgan fingerprint density at radius 1 is 1.11 bits per heavy atom. The Hall–Kier alpha value is -0.195. The van der Waals surface area contributed by atoms with Gasteiger partial charge in [0.2, 0.25) is 6.43 Å². The molecule has 2 saturated heterocycles. The van der Waals surface area contributed by atoms with Crippen molar-refractivity contribution in [2.45, 2.75) is 58.1 Å². The third-order valence-corrected chi connectivity index (χ3v) is 4.47. The molecule has 6 heteroatoms. The van der Waals surface area contributed by atoms with Crippen LogP contribution in [0.5, 0.6) is 0 Å². The van der Waals surface area contributed by atoms with Gasteiger partial charge in [0, 0.05) is 6.61 Å². The Morgan fingerprint density at radius 2 is 1.67 bits per heavy atom. The van der Waals surface area contributed by atoms with E-state index in [0.29, 0.717) is 13.0 Å². The zero-order valence-electron chi connectivity index (χ0n) is 11.5. The summed E-state index contributed by atoms with van der Waals surface area (Å²) in [5.41, 5.74) is -2.05. The summed E-state index contributed by atoms with van der Waals surface area (Å²) in [7, 11) is -0.578. The van der Waals surface area contributed by atoms with Crippen molar-refractivity contribution < 1.29 is 22.8 Å². The fraction of sp³-hybridized carbons (Fsp3) is 1.00. The second-order valence-corrected chi connectivity index (χ2v) is 6.36. The lowest BCUT2D eigenvalue weighted by Gasteiger charge is -2.32. The molecule has 2 aliphatic heterocycles. The van der Waals surface area contributed by atoms with Crippen molar-refractivity contribution in [1.29, 1.82) is 0 Å². The van der Waals surface area contributed by atoms with E-state index in [1.54, 1.807) is 0 Å². The number of hydrogen-bond donors (Lipinski definition) is 0. The summed E-state index contributed by atoms with van der Waals surface area (Å²) in [6.07, 6.45) is -1.84. The normalized spacial score (nSPS) is 34.5. The highest BCUT2D eigenvalue weighted by Gasteiger charge is 2.55. The van der Waals surface area contributed by atoms with Gasteiger partial charge in [-0.25, -0.2) is 8.78 Å². The molecule has 0 aromatic heterocycles. The van der Waals surface area contributed by atoms with Crippen LogP contribution < -0.4 is 0 Å². The average molecular weight is 262 g/mol. The van der Waals surface area contributed by atoms with Crippen molar-refractivity contribution in [1.82, 2.24) is 0 Å². The number of ether oxygens (including phenoxy) is 1. The minimum absolute atomic E-state index is 0.0920. The van der Waals surface area contributed by atoms with Crippen LogP contribution >= 0.6 is 0 Å². The molecule has 1 unspecified atom stereocenters. The van der Waals surface area contributed by atoms with E-state index in [9.17, 15) is 8.78 Å². The number of alkyl halides is 2. The van der Waals surface area contributed by atoms with E-state index in [4.69, 9.17) is 14.0 Å². The smallest absolute Gasteiger partial charge is 0.403 e. The van der Waals surface area contributed by atoms with Gasteiger partial charge in [0.25, 0.3) is 0 Å². The Balaban J connectivity index is 2.07. The molecule has 3 nitrogen and oxygen atoms in total. The summed E-state index contributed by atoms with van der Waals surface area (Å²) in [6.45, 7) is 8.18. The third-order valence-electron chi connectivity index (χ3n) is 4.47. The maximum absolute atomic E-state index is 13.2. The molecule has 0 amide bonds. The molecule has 2 heterocycles. The van der Waals surface area contributed by atoms with Crippen LogP contribution in [0.4, 0.5) is 8.78 Å². The summed E-state index contributed by atoms with van der Waals surface area (Å²) in [5, 5.41) is 0. The molecule has 0 aromatic rings. The highest BCUT2D eigenvalue weighted by molar-refractivity contribution is 6.45. The first-order chi connectivity index (χ1) is 8.19. The summed E-state index contributed by atoms with van der Waals surface area (Å²) in [5.74, 6) is 0. The fourth-order valence-electron chi connectivity index (χ4n) is 2.43. The molecule has 0 bridgehead atoms. The zero-order valence-corrected chi connectivity index (χ0v) is 11.5. The average Bonchev–Trinajstić information content (AvgIpc) is 2.71. The molecule has 2 fully saturated rings. The van der Waals surface area contributed by atoms with Gasteiger partial charge in [-0.3, -0.25) is 0 Å². The first kappa shape index (κ1) is 14.2. The number of halogens is 2. The minimum Gasteiger partial charge on any atom is -0.403 e. The minimum atomic E-state index is -2.40. The van der Waals surface area contributed by atoms with Crippen molar-refractivity contribution in [3.63, 3.8) is 0 Å². The Morgan fingerprint density at radius 3 is 2.06 bits per heavy atom. The molecule has 0 aromatic carbocycles. The van der Waals surface area contributed by atoms with Crippen LogP contribution in [0.25, 0.3) is 0 Å². The van der Waals surface area contributed by atoms with E-state index in [-0.39, 0.29) is 12.9 Å². The van der Waals surface area contributed by atoms with Gasteiger partial charge < -0.3 is 14.0 Å². The van der Waals surface area contributed by atoms with Crippen LogP contribution in [0.15, 0.2) is 0 Å². The second-order valence-electron chi connectivity index (χ2n) is 6.36. The molecule has 104 valence electrons. The predicted octanol–water partition coefficient (Wildman–Crippen LogP) is 2.75. The van der Waals surface area contributed by atoms with Crippen molar-refractivity contribution >= 4 is 7.12 Å². The van der Waals surface area contributed by atoms with Gasteiger partial charge in [0.15, 0.2) is 0 Å². The van der Waals surface area contributed by atoms with Gasteiger partial charge in [-0.15, -0.1) is 0 Å². The van der Waals surface area contributed by atoms with Crippen molar-refractivity contribution in [2.75, 3.05) is 13.2 Å². The molecule has 0 radical (unpaired) electrons. The van der Waals surface area contributed by atoms with Crippen LogP contribution in [-0.4, -0.2) is 38.0 Å². The van der Waals surface area contributed by atoms with E-state index >= 15 is 0 Å². The highest BCUT2D eigenvalue weighted by Crippen LogP contribution is 2.45. The number of rotatable bonds is 3. The lowest BCUT2D eigenvalue weighted by atomic mass is 9.67. The van der Waals surface area contributed by atoms with Crippen LogP contribution in [0.2, 0.25) is 6.32 Å². The van der Waals surface area contributed by atoms with E-state index < -0.39 is 30.2 Å². The SMILES string of the molecule is CC1(C)OB(CC2(C(F)F)CCOC2)OC1(C)C. The first-order valence-electron chi connectivity index (χ1n) is 6.40. The van der Waals surface area contributed by atoms with Crippen LogP contribution in [-0.2, 0) is 14.0 Å². The Labute approximate surface area is 107 Å². The predicted molar refractivity (Wildman–Crippen MR) is 64.8 cm³/mol. The van der Waals surface area contributed by atoms with Gasteiger partial charge in [-0.05, 0) is 40.4 Å². The van der Waals surface area contributed by atoms with E-state index in [0.717, 1.165) is 0 Å². The lowest BCUT2D eigenvalue weighted by Crippen LogP contribution is -2.41. The standard InChI is InChI=1S/C12H21BF2O3/c1-10(2)11(3,4)18-13(17-10)7-12(9(14)15)5-6-16-8-12/h9H,5-8H2,1-4H3. The van der Waals surface area contributed by atoms with Crippen molar-refractivity contribution in [3.05, 3.63) is 0 Å². The monoisotopic (exact) mass is 262 g/mol. The maximum Gasteiger partial charge on any atom is 0.458 e. The fourth-order valence-corrected chi connectivity index (χ4v) is 2.43. The van der Waals surface area contributed by atoms with E-state index in [1.165, 1.54) is 0 Å². The van der Waals surface area contributed by atoms with Crippen LogP contribution in [0.3, 0.4) is 0 Å². The molecule has 1 atom stereocenters. The van der Waals surface area contributed by atoms with Crippen LogP contribution in [0.1, 0.15) is 34.1 Å². The summed E-state index contributed by atoms with van der Waals surface area (Å²) >= 11 is 0. The quantitative estimate of drug-likeness (QED) is 0.732. The molecule has 2 rings (SSSR count). The van der Waals surface area contributed by atoms with Crippen LogP contribution in [0, 0.1) is 5.41 Å². The summed E-state index contributed by atoms with van der Waals surface area (Å²) < 4.78 is 43.2. The summed E-state index contributed by atoms with van der Waals surface area (Å²) in [6, 6.07) is 0. The zero-order chi connectivity index (χ0) is 13.6. The second kappa shape index (κ2) is 4.42. The molecule has 18 heavy (non-hydrogen) atoms.